The van der Waals surface area contributed by atoms with Crippen LogP contribution >= 0.6 is 0 Å². The van der Waals surface area contributed by atoms with Crippen molar-refractivity contribution in [2.24, 2.45) is 0 Å². The molecule has 0 unspecified atom stereocenters. The van der Waals surface area contributed by atoms with Crippen molar-refractivity contribution < 1.29 is 65.9 Å². The van der Waals surface area contributed by atoms with Crippen LogP contribution in [0.3, 0.4) is 0 Å². The second-order valence-electron chi connectivity index (χ2n) is 6.29. The van der Waals surface area contributed by atoms with Gasteiger partial charge in [0.05, 0.1) is 0 Å². The van der Waals surface area contributed by atoms with E-state index >= 15 is 0 Å². The lowest BCUT2D eigenvalue weighted by molar-refractivity contribution is -0.454. The van der Waals surface area contributed by atoms with Gasteiger partial charge in [-0.25, -0.2) is 0 Å². The van der Waals surface area contributed by atoms with Gasteiger partial charge in [-0.1, -0.05) is 32.6 Å². The zero-order valence-electron chi connectivity index (χ0n) is 14.9. The molecule has 0 spiro atoms. The predicted octanol–water partition coefficient (Wildman–Crippen LogP) is 6.88. The molecule has 1 N–H and O–H groups in total. The minimum atomic E-state index is -8.24. The Morgan fingerprint density at radius 2 is 0.833 bits per heavy atom. The van der Waals surface area contributed by atoms with E-state index in [0.29, 0.717) is 24.6 Å². The van der Waals surface area contributed by atoms with Crippen LogP contribution in [-0.2, 0) is 0 Å². The van der Waals surface area contributed by atoms with E-state index < -0.39 is 48.4 Å². The monoisotopic (exact) mass is 483 g/mol. The molecule has 16 heteroatoms. The Bertz CT molecular complexity index is 552. The van der Waals surface area contributed by atoms with Gasteiger partial charge in [-0.3, -0.25) is 5.32 Å². The van der Waals surface area contributed by atoms with Crippen molar-refractivity contribution in [3.63, 3.8) is 0 Å². The Hall–Kier alpha value is -1.09. The van der Waals surface area contributed by atoms with Gasteiger partial charge >= 0.3 is 41.8 Å². The normalized spacial score (nSPS) is 15.6. The lowest BCUT2D eigenvalue weighted by atomic mass is 9.93. The Labute approximate surface area is 160 Å². The molecule has 0 saturated heterocycles. The SMILES string of the molecule is CCCCCCCNC(F)(F)C(F)(F)C(F)(F)C(F)(F)C(F)(F)C(F)(F)C(F)(F)F. The van der Waals surface area contributed by atoms with Crippen molar-refractivity contribution in [2.75, 3.05) is 6.54 Å². The average molecular weight is 483 g/mol. The van der Waals surface area contributed by atoms with E-state index in [1.807, 2.05) is 0 Å². The van der Waals surface area contributed by atoms with Gasteiger partial charge in [0.2, 0.25) is 0 Å². The summed E-state index contributed by atoms with van der Waals surface area (Å²) >= 11 is 0. The summed E-state index contributed by atoms with van der Waals surface area (Å²) in [4.78, 5) is 0. The van der Waals surface area contributed by atoms with Crippen LogP contribution in [0.15, 0.2) is 0 Å². The van der Waals surface area contributed by atoms with Crippen LogP contribution in [0.5, 0.6) is 0 Å². The van der Waals surface area contributed by atoms with E-state index in [2.05, 4.69) is 0 Å². The smallest absolute Gasteiger partial charge is 0.253 e. The van der Waals surface area contributed by atoms with Crippen LogP contribution in [0, 0.1) is 0 Å². The zero-order chi connectivity index (χ0) is 24.4. The molecule has 0 aliphatic carbocycles. The van der Waals surface area contributed by atoms with Crippen LogP contribution in [0.2, 0.25) is 0 Å². The molecule has 1 nitrogen and oxygen atoms in total. The first-order valence-electron chi connectivity index (χ1n) is 8.15. The van der Waals surface area contributed by atoms with Crippen LogP contribution in [0.1, 0.15) is 39.0 Å². The van der Waals surface area contributed by atoms with E-state index in [1.54, 1.807) is 6.92 Å². The summed E-state index contributed by atoms with van der Waals surface area (Å²) in [7, 11) is 0. The molecule has 0 bridgehead atoms. The van der Waals surface area contributed by atoms with E-state index in [4.69, 9.17) is 0 Å². The summed E-state index contributed by atoms with van der Waals surface area (Å²) in [6.45, 7) is 0.524. The lowest BCUT2D eigenvalue weighted by Crippen LogP contribution is -2.74. The van der Waals surface area contributed by atoms with Crippen LogP contribution in [0.4, 0.5) is 65.9 Å². The molecule has 30 heavy (non-hydrogen) atoms. The quantitative estimate of drug-likeness (QED) is 0.181. The van der Waals surface area contributed by atoms with Crippen LogP contribution in [-0.4, -0.2) is 48.4 Å². The third kappa shape index (κ3) is 4.71. The van der Waals surface area contributed by atoms with Gasteiger partial charge in [0, 0.05) is 6.54 Å². The van der Waals surface area contributed by atoms with Crippen LogP contribution in [0.25, 0.3) is 0 Å². The van der Waals surface area contributed by atoms with E-state index in [1.165, 1.54) is 0 Å². The van der Waals surface area contributed by atoms with E-state index in [0.717, 1.165) is 0 Å². The number of alkyl halides is 15. The van der Waals surface area contributed by atoms with Gasteiger partial charge < -0.3 is 0 Å². The average Bonchev–Trinajstić information content (AvgIpc) is 2.56. The van der Waals surface area contributed by atoms with Gasteiger partial charge in [-0.05, 0) is 6.42 Å². The van der Waals surface area contributed by atoms with Gasteiger partial charge in [-0.15, -0.1) is 0 Å². The summed E-state index contributed by atoms with van der Waals surface area (Å²) in [5.74, 6) is -39.9. The van der Waals surface area contributed by atoms with Gasteiger partial charge in [0.25, 0.3) is 0 Å². The molecule has 0 saturated carbocycles. The summed E-state index contributed by atoms with van der Waals surface area (Å²) in [5.41, 5.74) is 0. The molecular formula is C14H16F15N. The number of rotatable bonds is 12. The van der Waals surface area contributed by atoms with Crippen molar-refractivity contribution in [1.29, 1.82) is 0 Å². The lowest BCUT2D eigenvalue weighted by Gasteiger charge is -2.41. The molecule has 0 rings (SSSR count). The summed E-state index contributed by atoms with van der Waals surface area (Å²) in [6.07, 6.45) is -6.28. The molecular weight excluding hydrogens is 467 g/mol. The zero-order valence-corrected chi connectivity index (χ0v) is 14.9. The molecule has 0 aliphatic rings. The minimum absolute atomic E-state index is 0.0882. The molecule has 0 aromatic carbocycles. The summed E-state index contributed by atoms with van der Waals surface area (Å²) in [6, 6.07) is -6.37. The highest BCUT2D eigenvalue weighted by molar-refractivity contribution is 5.12. The molecule has 0 atom stereocenters. The highest BCUT2D eigenvalue weighted by Crippen LogP contribution is 2.61. The Balaban J connectivity index is 5.83. The fourth-order valence-electron chi connectivity index (χ4n) is 2.05. The topological polar surface area (TPSA) is 12.0 Å². The predicted molar refractivity (Wildman–Crippen MR) is 72.5 cm³/mol. The molecule has 0 aromatic heterocycles. The van der Waals surface area contributed by atoms with Crippen LogP contribution < -0.4 is 5.32 Å². The molecule has 182 valence electrons. The van der Waals surface area contributed by atoms with Gasteiger partial charge in [-0.2, -0.15) is 65.9 Å². The fourth-order valence-corrected chi connectivity index (χ4v) is 2.05. The van der Waals surface area contributed by atoms with E-state index in [-0.39, 0.29) is 12.8 Å². The number of hydrogen-bond donors (Lipinski definition) is 1. The second kappa shape index (κ2) is 8.81. The van der Waals surface area contributed by atoms with Crippen molar-refractivity contribution in [1.82, 2.24) is 5.32 Å². The minimum Gasteiger partial charge on any atom is -0.253 e. The standard InChI is InChI=1S/C14H16F15N/c1-2-3-4-5-6-7-30-14(28,29)12(23,24)10(19,20)8(15,16)9(17,18)11(21,22)13(25,26)27/h30H,2-7H2,1H3. The highest BCUT2D eigenvalue weighted by Gasteiger charge is 2.93. The summed E-state index contributed by atoms with van der Waals surface area (Å²) in [5, 5.41) is 0.424. The highest BCUT2D eigenvalue weighted by atomic mass is 19.4. The molecule has 0 amide bonds. The first kappa shape index (κ1) is 28.9. The first-order chi connectivity index (χ1) is 13.1. The maximum Gasteiger partial charge on any atom is 0.460 e. The van der Waals surface area contributed by atoms with Crippen molar-refractivity contribution in [3.8, 4) is 0 Å². The maximum atomic E-state index is 13.4. The number of halogens is 15. The first-order valence-corrected chi connectivity index (χ1v) is 8.15. The molecule has 0 heterocycles. The van der Waals surface area contributed by atoms with Crippen molar-refractivity contribution >= 4 is 0 Å². The van der Waals surface area contributed by atoms with Gasteiger partial charge in [0.15, 0.2) is 0 Å². The summed E-state index contributed by atoms with van der Waals surface area (Å²) < 4.78 is 194. The largest absolute Gasteiger partial charge is 0.460 e. The Kier molecular flexibility index (Phi) is 8.49. The molecule has 0 fully saturated rings. The Morgan fingerprint density at radius 3 is 1.23 bits per heavy atom. The third-order valence-electron chi connectivity index (χ3n) is 3.96. The number of nitrogens with one attached hydrogen (secondary N) is 1. The van der Waals surface area contributed by atoms with Crippen molar-refractivity contribution in [2.45, 2.75) is 80.9 Å². The number of unbranched alkanes of at least 4 members (excludes halogenated alkanes) is 4. The molecule has 0 aromatic rings. The molecule has 0 radical (unpaired) electrons. The van der Waals surface area contributed by atoms with E-state index in [9.17, 15) is 65.9 Å². The molecule has 0 aliphatic heterocycles. The fraction of sp³-hybridized carbons (Fsp3) is 1.00. The van der Waals surface area contributed by atoms with Gasteiger partial charge in [0.1, 0.15) is 0 Å². The Morgan fingerprint density at radius 1 is 0.467 bits per heavy atom. The second-order valence-corrected chi connectivity index (χ2v) is 6.29. The third-order valence-corrected chi connectivity index (χ3v) is 3.96. The maximum absolute atomic E-state index is 13.4. The van der Waals surface area contributed by atoms with Crippen molar-refractivity contribution in [3.05, 3.63) is 0 Å². The number of hydrogen-bond acceptors (Lipinski definition) is 1.